The predicted molar refractivity (Wildman–Crippen MR) is 62.6 cm³/mol. The molecule has 4 bridgehead atoms. The van der Waals surface area contributed by atoms with Crippen molar-refractivity contribution in [2.45, 2.75) is 44.1 Å². The third kappa shape index (κ3) is 1.45. The van der Waals surface area contributed by atoms with E-state index < -0.39 is 0 Å². The maximum Gasteiger partial charge on any atom is 0.272 e. The highest BCUT2D eigenvalue weighted by atomic mass is 16.5. The summed E-state index contributed by atoms with van der Waals surface area (Å²) in [6, 6.07) is 2.03. The average molecular weight is 244 g/mol. The minimum absolute atomic E-state index is 0.0583. The fourth-order valence-corrected chi connectivity index (χ4v) is 4.73. The first-order valence-corrected chi connectivity index (χ1v) is 6.76. The zero-order valence-electron chi connectivity index (χ0n) is 10.2. The van der Waals surface area contributed by atoms with E-state index in [1.807, 2.05) is 6.07 Å². The van der Waals surface area contributed by atoms with Crippen molar-refractivity contribution in [3.8, 4) is 11.9 Å². The van der Waals surface area contributed by atoms with Crippen molar-refractivity contribution in [1.82, 2.24) is 15.4 Å². The van der Waals surface area contributed by atoms with Gasteiger partial charge in [-0.2, -0.15) is 10.5 Å². The van der Waals surface area contributed by atoms with Crippen LogP contribution in [0.15, 0.2) is 0 Å². The van der Waals surface area contributed by atoms with Crippen molar-refractivity contribution in [2.75, 3.05) is 0 Å². The average Bonchev–Trinajstić information content (AvgIpc) is 2.73. The molecular formula is C13H16N4O. The van der Waals surface area contributed by atoms with Crippen LogP contribution in [0.5, 0.6) is 5.88 Å². The number of nitrogens with zero attached hydrogens (tertiary/aromatic N) is 3. The van der Waals surface area contributed by atoms with Gasteiger partial charge in [0.25, 0.3) is 5.88 Å². The van der Waals surface area contributed by atoms with Crippen LogP contribution in [0.1, 0.15) is 44.2 Å². The molecule has 4 saturated carbocycles. The predicted octanol–water partition coefficient (Wildman–Crippen LogP) is 2.02. The number of ether oxygens (including phenoxy) is 1. The van der Waals surface area contributed by atoms with Crippen LogP contribution in [-0.4, -0.2) is 21.0 Å². The molecule has 0 aromatic carbocycles. The van der Waals surface area contributed by atoms with Gasteiger partial charge in [0.05, 0.1) is 0 Å². The molecule has 1 N–H and O–H groups in total. The van der Waals surface area contributed by atoms with Crippen LogP contribution in [-0.2, 0) is 0 Å². The van der Waals surface area contributed by atoms with E-state index in [0.717, 1.165) is 37.0 Å². The van der Waals surface area contributed by atoms with Crippen molar-refractivity contribution in [2.24, 2.45) is 17.8 Å². The molecule has 5 rings (SSSR count). The lowest BCUT2D eigenvalue weighted by Crippen LogP contribution is -2.53. The highest BCUT2D eigenvalue weighted by molar-refractivity contribution is 5.29. The molecule has 0 aliphatic heterocycles. The molecule has 0 spiro atoms. The first-order chi connectivity index (χ1) is 8.76. The van der Waals surface area contributed by atoms with E-state index in [1.54, 1.807) is 0 Å². The van der Waals surface area contributed by atoms with Crippen molar-refractivity contribution in [3.63, 3.8) is 0 Å². The van der Waals surface area contributed by atoms with Gasteiger partial charge in [0.2, 0.25) is 5.69 Å². The lowest BCUT2D eigenvalue weighted by atomic mass is 9.54. The molecule has 1 aromatic rings. The van der Waals surface area contributed by atoms with Gasteiger partial charge in [-0.15, -0.1) is 10.2 Å². The summed E-state index contributed by atoms with van der Waals surface area (Å²) in [5.41, 5.74) is 0.225. The smallest absolute Gasteiger partial charge is 0.272 e. The molecule has 4 aliphatic carbocycles. The van der Waals surface area contributed by atoms with E-state index in [9.17, 15) is 0 Å². The zero-order chi connectivity index (χ0) is 12.2. The topological polar surface area (TPSA) is 74.6 Å². The maximum atomic E-state index is 8.97. The molecule has 5 heteroatoms. The summed E-state index contributed by atoms with van der Waals surface area (Å²) in [5.74, 6) is 2.88. The lowest BCUT2D eigenvalue weighted by molar-refractivity contribution is -0.109. The second kappa shape index (κ2) is 3.47. The molecule has 18 heavy (non-hydrogen) atoms. The van der Waals surface area contributed by atoms with Crippen molar-refractivity contribution < 1.29 is 4.74 Å². The SMILES string of the molecule is N#Cc1n[nH]nc1OC12CC3CC(CC(C3)C1)C2. The van der Waals surface area contributed by atoms with Crippen LogP contribution in [0.25, 0.3) is 0 Å². The fourth-order valence-electron chi connectivity index (χ4n) is 4.73. The number of nitriles is 1. The monoisotopic (exact) mass is 244 g/mol. The maximum absolute atomic E-state index is 8.97. The Hall–Kier alpha value is -1.57. The molecule has 0 unspecified atom stereocenters. The number of aromatic nitrogens is 3. The molecule has 0 atom stereocenters. The Morgan fingerprint density at radius 2 is 1.72 bits per heavy atom. The van der Waals surface area contributed by atoms with Gasteiger partial charge in [-0.25, -0.2) is 0 Å². The largest absolute Gasteiger partial charge is 0.468 e. The Bertz CT molecular complexity index is 480. The first-order valence-electron chi connectivity index (χ1n) is 6.76. The third-order valence-corrected chi connectivity index (χ3v) is 4.92. The van der Waals surface area contributed by atoms with E-state index >= 15 is 0 Å². The van der Waals surface area contributed by atoms with Crippen LogP contribution in [0.4, 0.5) is 0 Å². The zero-order valence-corrected chi connectivity index (χ0v) is 10.2. The minimum Gasteiger partial charge on any atom is -0.468 e. The van der Waals surface area contributed by atoms with Crippen molar-refractivity contribution in [1.29, 1.82) is 5.26 Å². The van der Waals surface area contributed by atoms with Crippen LogP contribution < -0.4 is 4.74 Å². The van der Waals surface area contributed by atoms with E-state index in [2.05, 4.69) is 15.4 Å². The molecule has 4 fully saturated rings. The standard InChI is InChI=1S/C13H16N4O/c14-7-11-12(16-17-15-11)18-13-4-8-1-9(5-13)3-10(2-8)6-13/h8-10H,1-6H2,(H,15,16,17). The molecule has 5 nitrogen and oxygen atoms in total. The quantitative estimate of drug-likeness (QED) is 0.863. The third-order valence-electron chi connectivity index (χ3n) is 4.92. The van der Waals surface area contributed by atoms with Gasteiger partial charge in [-0.05, 0) is 56.3 Å². The normalized spacial score (nSPS) is 40.7. The highest BCUT2D eigenvalue weighted by Gasteiger charge is 2.53. The molecule has 4 aliphatic rings. The number of hydrogen-bond acceptors (Lipinski definition) is 4. The molecule has 94 valence electrons. The Balaban J connectivity index is 1.63. The van der Waals surface area contributed by atoms with E-state index in [0.29, 0.717) is 5.88 Å². The van der Waals surface area contributed by atoms with E-state index in [1.165, 1.54) is 19.3 Å². The Morgan fingerprint density at radius 1 is 1.11 bits per heavy atom. The van der Waals surface area contributed by atoms with Gasteiger partial charge in [-0.1, -0.05) is 0 Å². The number of nitrogens with one attached hydrogen (secondary N) is 1. The minimum atomic E-state index is -0.0583. The summed E-state index contributed by atoms with van der Waals surface area (Å²) in [5, 5.41) is 19.2. The van der Waals surface area contributed by atoms with Gasteiger partial charge < -0.3 is 4.74 Å². The van der Waals surface area contributed by atoms with Gasteiger partial charge in [0.15, 0.2) is 0 Å². The number of hydrogen-bond donors (Lipinski definition) is 1. The second-order valence-electron chi connectivity index (χ2n) is 6.29. The van der Waals surface area contributed by atoms with Gasteiger partial charge >= 0.3 is 0 Å². The van der Waals surface area contributed by atoms with E-state index in [-0.39, 0.29) is 11.3 Å². The summed E-state index contributed by atoms with van der Waals surface area (Å²) >= 11 is 0. The fraction of sp³-hybridized carbons (Fsp3) is 0.769. The van der Waals surface area contributed by atoms with Crippen molar-refractivity contribution in [3.05, 3.63) is 5.69 Å². The van der Waals surface area contributed by atoms with Crippen LogP contribution in [0.2, 0.25) is 0 Å². The van der Waals surface area contributed by atoms with Crippen LogP contribution in [0.3, 0.4) is 0 Å². The molecule has 0 amide bonds. The molecule has 0 saturated heterocycles. The summed E-state index contributed by atoms with van der Waals surface area (Å²) in [7, 11) is 0. The molecular weight excluding hydrogens is 228 g/mol. The van der Waals surface area contributed by atoms with Crippen LogP contribution in [0, 0.1) is 29.1 Å². The van der Waals surface area contributed by atoms with Crippen LogP contribution >= 0.6 is 0 Å². The second-order valence-corrected chi connectivity index (χ2v) is 6.29. The number of aromatic amines is 1. The Morgan fingerprint density at radius 3 is 2.28 bits per heavy atom. The molecule has 1 aromatic heterocycles. The first kappa shape index (κ1) is 10.4. The number of rotatable bonds is 2. The summed E-state index contributed by atoms with van der Waals surface area (Å²) in [4.78, 5) is 0. The van der Waals surface area contributed by atoms with Gasteiger partial charge in [0.1, 0.15) is 11.7 Å². The Labute approximate surface area is 106 Å². The Kier molecular flexibility index (Phi) is 2.00. The summed E-state index contributed by atoms with van der Waals surface area (Å²) < 4.78 is 6.15. The highest BCUT2D eigenvalue weighted by Crippen LogP contribution is 2.56. The summed E-state index contributed by atoms with van der Waals surface area (Å²) in [6.45, 7) is 0. The van der Waals surface area contributed by atoms with E-state index in [4.69, 9.17) is 10.00 Å². The van der Waals surface area contributed by atoms with Gasteiger partial charge in [-0.3, -0.25) is 0 Å². The van der Waals surface area contributed by atoms with Gasteiger partial charge in [0, 0.05) is 0 Å². The molecule has 0 radical (unpaired) electrons. The lowest BCUT2D eigenvalue weighted by Gasteiger charge is -2.55. The van der Waals surface area contributed by atoms with Crippen molar-refractivity contribution >= 4 is 0 Å². The molecule has 1 heterocycles. The number of H-pyrrole nitrogens is 1. The summed E-state index contributed by atoms with van der Waals surface area (Å²) in [6.07, 6.45) is 7.55.